The number of hydrogen-bond donors (Lipinski definition) is 1. The lowest BCUT2D eigenvalue weighted by atomic mass is 10.0. The Labute approximate surface area is 82.2 Å². The number of sulfonamides is 1. The second kappa shape index (κ2) is 3.91. The summed E-state index contributed by atoms with van der Waals surface area (Å²) in [5.41, 5.74) is 0.0199. The minimum Gasteiger partial charge on any atom is -0.299 e. The van der Waals surface area contributed by atoms with Gasteiger partial charge in [0.25, 0.3) is 0 Å². The molecule has 14 heavy (non-hydrogen) atoms. The molecule has 1 rings (SSSR count). The molecule has 0 saturated heterocycles. The van der Waals surface area contributed by atoms with Gasteiger partial charge in [0.1, 0.15) is 5.78 Å². The van der Waals surface area contributed by atoms with E-state index in [0.29, 0.717) is 0 Å². The second-order valence-electron chi connectivity index (χ2n) is 2.97. The van der Waals surface area contributed by atoms with Gasteiger partial charge in [0.2, 0.25) is 10.0 Å². The molecule has 0 radical (unpaired) electrons. The van der Waals surface area contributed by atoms with Gasteiger partial charge in [0.05, 0.1) is 17.9 Å². The van der Waals surface area contributed by atoms with Gasteiger partial charge in [0, 0.05) is 6.42 Å². The fraction of sp³-hybridized carbons (Fsp3) is 0.500. The van der Waals surface area contributed by atoms with E-state index in [0.717, 1.165) is 0 Å². The molecule has 1 aliphatic carbocycles. The van der Waals surface area contributed by atoms with E-state index in [4.69, 9.17) is 0 Å². The average molecular weight is 217 g/mol. The predicted molar refractivity (Wildman–Crippen MR) is 49.9 cm³/mol. The lowest BCUT2D eigenvalue weighted by molar-refractivity contribution is -0.125. The number of allylic oxidation sites excluding steroid dienone is 2. The van der Waals surface area contributed by atoms with E-state index in [-0.39, 0.29) is 30.1 Å². The van der Waals surface area contributed by atoms with Crippen LogP contribution < -0.4 is 4.72 Å². The van der Waals surface area contributed by atoms with Crippen LogP contribution in [0.4, 0.5) is 0 Å². The Morgan fingerprint density at radius 1 is 1.43 bits per heavy atom. The van der Waals surface area contributed by atoms with Crippen molar-refractivity contribution in [2.24, 2.45) is 0 Å². The summed E-state index contributed by atoms with van der Waals surface area (Å²) in [5, 5.41) is 0. The van der Waals surface area contributed by atoms with Gasteiger partial charge in [-0.1, -0.05) is 0 Å². The Bertz CT molecular complexity index is 394. The Hall–Kier alpha value is -1.17. The number of ketones is 2. The summed E-state index contributed by atoms with van der Waals surface area (Å²) >= 11 is 0. The van der Waals surface area contributed by atoms with Crippen molar-refractivity contribution in [3.63, 3.8) is 0 Å². The minimum absolute atomic E-state index is 0.0199. The van der Waals surface area contributed by atoms with E-state index in [2.05, 4.69) is 4.72 Å². The maximum Gasteiger partial charge on any atom is 0.232 e. The number of nitrogens with one attached hydrogen (secondary N) is 1. The number of rotatable bonds is 3. The zero-order chi connectivity index (χ0) is 10.8. The largest absolute Gasteiger partial charge is 0.299 e. The lowest BCUT2D eigenvalue weighted by Gasteiger charge is -2.12. The highest BCUT2D eigenvalue weighted by molar-refractivity contribution is 7.89. The number of hydrogen-bond acceptors (Lipinski definition) is 4. The Balaban J connectivity index is 2.80. The summed E-state index contributed by atoms with van der Waals surface area (Å²) in [4.78, 5) is 22.0. The summed E-state index contributed by atoms with van der Waals surface area (Å²) in [6.45, 7) is 1.47. The van der Waals surface area contributed by atoms with Crippen LogP contribution in [0, 0.1) is 0 Å². The van der Waals surface area contributed by atoms with Crippen LogP contribution in [-0.2, 0) is 19.6 Å². The van der Waals surface area contributed by atoms with Gasteiger partial charge in [0.15, 0.2) is 5.78 Å². The normalized spacial score (nSPS) is 17.9. The first-order valence-electron chi connectivity index (χ1n) is 4.20. The van der Waals surface area contributed by atoms with E-state index in [9.17, 15) is 18.0 Å². The standard InChI is InChI=1S/C8H11NO4S/c1-2-14(12,13)9-7-4-3-6(10)5-8(7)11/h4,9H,2-3,5H2,1H3. The molecule has 0 saturated carbocycles. The van der Waals surface area contributed by atoms with Gasteiger partial charge in [-0.2, -0.15) is 0 Å². The van der Waals surface area contributed by atoms with Crippen molar-refractivity contribution in [1.29, 1.82) is 0 Å². The molecule has 5 nitrogen and oxygen atoms in total. The van der Waals surface area contributed by atoms with Crippen LogP contribution in [0.25, 0.3) is 0 Å². The summed E-state index contributed by atoms with van der Waals surface area (Å²) in [6, 6.07) is 0. The summed E-state index contributed by atoms with van der Waals surface area (Å²) < 4.78 is 24.4. The van der Waals surface area contributed by atoms with Gasteiger partial charge >= 0.3 is 0 Å². The van der Waals surface area contributed by atoms with Crippen molar-refractivity contribution < 1.29 is 18.0 Å². The fourth-order valence-electron chi connectivity index (χ4n) is 1.01. The molecule has 6 heteroatoms. The Kier molecular flexibility index (Phi) is 3.05. The summed E-state index contributed by atoms with van der Waals surface area (Å²) in [5.74, 6) is -0.737. The summed E-state index contributed by atoms with van der Waals surface area (Å²) in [7, 11) is -3.42. The van der Waals surface area contributed by atoms with Gasteiger partial charge in [-0.25, -0.2) is 8.42 Å². The summed E-state index contributed by atoms with van der Waals surface area (Å²) in [6.07, 6.45) is 1.23. The van der Waals surface area contributed by atoms with Crippen LogP contribution in [0.3, 0.4) is 0 Å². The molecule has 1 aliphatic rings. The van der Waals surface area contributed by atoms with Crippen molar-refractivity contribution in [2.45, 2.75) is 19.8 Å². The molecule has 0 aromatic rings. The topological polar surface area (TPSA) is 80.3 Å². The lowest BCUT2D eigenvalue weighted by Crippen LogP contribution is -2.31. The first kappa shape index (κ1) is 10.9. The van der Waals surface area contributed by atoms with Crippen LogP contribution in [0.2, 0.25) is 0 Å². The predicted octanol–water partition coefficient (Wildman–Crippen LogP) is -0.258. The maximum atomic E-state index is 11.2. The maximum absolute atomic E-state index is 11.2. The molecule has 1 N–H and O–H groups in total. The van der Waals surface area contributed by atoms with Crippen molar-refractivity contribution in [3.8, 4) is 0 Å². The number of Topliss-reactive ketones (excluding diaryl/α,β-unsaturated/α-hetero) is 2. The van der Waals surface area contributed by atoms with Crippen LogP contribution >= 0.6 is 0 Å². The van der Waals surface area contributed by atoms with Crippen LogP contribution in [0.5, 0.6) is 0 Å². The zero-order valence-electron chi connectivity index (χ0n) is 7.74. The molecule has 0 aromatic carbocycles. The molecule has 0 amide bonds. The molecular formula is C8H11NO4S. The van der Waals surface area contributed by atoms with Crippen molar-refractivity contribution in [1.82, 2.24) is 4.72 Å². The molecule has 0 aliphatic heterocycles. The SMILES string of the molecule is CCS(=O)(=O)NC1=CCC(=O)CC1=O. The van der Waals surface area contributed by atoms with E-state index in [1.165, 1.54) is 13.0 Å². The third-order valence-corrected chi connectivity index (χ3v) is 3.13. The van der Waals surface area contributed by atoms with Crippen LogP contribution in [0.15, 0.2) is 11.8 Å². The average Bonchev–Trinajstić information content (AvgIpc) is 2.10. The van der Waals surface area contributed by atoms with E-state index >= 15 is 0 Å². The molecule has 0 fully saturated rings. The van der Waals surface area contributed by atoms with Crippen LogP contribution in [0.1, 0.15) is 19.8 Å². The highest BCUT2D eigenvalue weighted by atomic mass is 32.2. The van der Waals surface area contributed by atoms with Crippen molar-refractivity contribution in [3.05, 3.63) is 11.8 Å². The molecule has 0 bridgehead atoms. The van der Waals surface area contributed by atoms with Gasteiger partial charge < -0.3 is 0 Å². The quantitative estimate of drug-likeness (QED) is 0.660. The van der Waals surface area contributed by atoms with E-state index < -0.39 is 15.8 Å². The molecule has 0 heterocycles. The highest BCUT2D eigenvalue weighted by Crippen LogP contribution is 2.09. The second-order valence-corrected chi connectivity index (χ2v) is 4.98. The number of carbonyl (C=O) groups is 2. The molecule has 0 spiro atoms. The monoisotopic (exact) mass is 217 g/mol. The Morgan fingerprint density at radius 3 is 2.57 bits per heavy atom. The molecule has 0 unspecified atom stereocenters. The van der Waals surface area contributed by atoms with Crippen molar-refractivity contribution >= 4 is 21.6 Å². The zero-order valence-corrected chi connectivity index (χ0v) is 8.56. The molecule has 78 valence electrons. The molecule has 0 atom stereocenters. The Morgan fingerprint density at radius 2 is 2.07 bits per heavy atom. The number of carbonyl (C=O) groups excluding carboxylic acids is 2. The minimum atomic E-state index is -3.42. The third-order valence-electron chi connectivity index (χ3n) is 1.84. The molecular weight excluding hydrogens is 206 g/mol. The first-order valence-corrected chi connectivity index (χ1v) is 5.85. The van der Waals surface area contributed by atoms with Crippen molar-refractivity contribution in [2.75, 3.05) is 5.75 Å². The van der Waals surface area contributed by atoms with Gasteiger partial charge in [-0.15, -0.1) is 0 Å². The highest BCUT2D eigenvalue weighted by Gasteiger charge is 2.22. The van der Waals surface area contributed by atoms with Gasteiger partial charge in [-0.05, 0) is 13.0 Å². The van der Waals surface area contributed by atoms with Crippen LogP contribution in [-0.4, -0.2) is 25.7 Å². The van der Waals surface area contributed by atoms with E-state index in [1.807, 2.05) is 0 Å². The fourth-order valence-corrected chi connectivity index (χ4v) is 1.69. The molecule has 0 aromatic heterocycles. The first-order chi connectivity index (χ1) is 6.44. The third kappa shape index (κ3) is 2.66. The van der Waals surface area contributed by atoms with E-state index in [1.54, 1.807) is 0 Å². The van der Waals surface area contributed by atoms with Gasteiger partial charge in [-0.3, -0.25) is 14.3 Å². The smallest absolute Gasteiger partial charge is 0.232 e.